The normalized spacial score (nSPS) is 17.9. The van der Waals surface area contributed by atoms with Crippen molar-refractivity contribution in [3.8, 4) is 0 Å². The van der Waals surface area contributed by atoms with Crippen LogP contribution in [0, 0.1) is 0 Å². The monoisotopic (exact) mass is 566 g/mol. The zero-order chi connectivity index (χ0) is 28.8. The number of nitrogens with zero attached hydrogens (tertiary/aromatic N) is 2. The lowest BCUT2D eigenvalue weighted by Crippen LogP contribution is -2.48. The summed E-state index contributed by atoms with van der Waals surface area (Å²) in [5, 5.41) is 0. The summed E-state index contributed by atoms with van der Waals surface area (Å²) in [7, 11) is -4.28. The maximum atomic E-state index is 12.8. The first-order valence-corrected chi connectivity index (χ1v) is 19.6. The van der Waals surface area contributed by atoms with E-state index >= 15 is 0 Å². The predicted octanol–water partition coefficient (Wildman–Crippen LogP) is 8.83. The Labute approximate surface area is 237 Å². The van der Waals surface area contributed by atoms with Gasteiger partial charge in [0.15, 0.2) is 0 Å². The standard InChI is InChI=1S/C31H46N2O4Si2/c1-23(2)39(24(3)4,25(5)6)36-29(27-18-14-11-15-19-27)20-32-30(37-38(7,8)9)21-33-28(22-35-31(33)34)26-16-12-10-13-17-26/h10-21,23-25,28-29H,22H2,1-9H3/b30-21-,32-20+/t28-,29-/m1/s1. The first-order chi connectivity index (χ1) is 18.3. The maximum absolute atomic E-state index is 12.8. The van der Waals surface area contributed by atoms with Gasteiger partial charge < -0.3 is 13.6 Å². The van der Waals surface area contributed by atoms with E-state index in [0.717, 1.165) is 11.1 Å². The lowest BCUT2D eigenvalue weighted by molar-refractivity contribution is 0.165. The lowest BCUT2D eigenvalue weighted by atomic mass is 10.1. The van der Waals surface area contributed by atoms with Crippen molar-refractivity contribution in [1.82, 2.24) is 4.90 Å². The summed E-state index contributed by atoms with van der Waals surface area (Å²) in [6.45, 7) is 20.3. The number of rotatable bonds is 12. The molecule has 1 heterocycles. The molecule has 0 bridgehead atoms. The van der Waals surface area contributed by atoms with Crippen molar-refractivity contribution in [2.24, 2.45) is 4.99 Å². The van der Waals surface area contributed by atoms with Gasteiger partial charge in [0.2, 0.25) is 22.5 Å². The highest BCUT2D eigenvalue weighted by Gasteiger charge is 2.46. The second kappa shape index (κ2) is 13.1. The van der Waals surface area contributed by atoms with Crippen LogP contribution in [0.3, 0.4) is 0 Å². The summed E-state index contributed by atoms with van der Waals surface area (Å²) in [6.07, 6.45) is 2.81. The minimum absolute atomic E-state index is 0.238. The Morgan fingerprint density at radius 2 is 1.46 bits per heavy atom. The van der Waals surface area contributed by atoms with E-state index in [1.54, 1.807) is 11.1 Å². The molecule has 0 saturated carbocycles. The molecule has 2 aromatic rings. The quantitative estimate of drug-likeness (QED) is 0.146. The van der Waals surface area contributed by atoms with E-state index in [-0.39, 0.29) is 18.8 Å². The van der Waals surface area contributed by atoms with Crippen LogP contribution in [0.2, 0.25) is 36.3 Å². The van der Waals surface area contributed by atoms with Crippen molar-refractivity contribution in [2.45, 2.75) is 90.0 Å². The van der Waals surface area contributed by atoms with Crippen LogP contribution in [0.5, 0.6) is 0 Å². The number of amides is 1. The fourth-order valence-electron chi connectivity index (χ4n) is 5.62. The van der Waals surface area contributed by atoms with Crippen molar-refractivity contribution in [3.63, 3.8) is 0 Å². The third-order valence-electron chi connectivity index (χ3n) is 7.26. The van der Waals surface area contributed by atoms with Crippen molar-refractivity contribution < 1.29 is 18.4 Å². The summed E-state index contributed by atoms with van der Waals surface area (Å²) >= 11 is 0. The summed E-state index contributed by atoms with van der Waals surface area (Å²) in [5.41, 5.74) is 3.34. The van der Waals surface area contributed by atoms with Gasteiger partial charge in [-0.15, -0.1) is 0 Å². The number of carbonyl (C=O) groups is 1. The number of cyclic esters (lactones) is 1. The molecule has 2 atom stereocenters. The Kier molecular flexibility index (Phi) is 10.4. The van der Waals surface area contributed by atoms with Crippen LogP contribution in [0.1, 0.15) is 64.8 Å². The lowest BCUT2D eigenvalue weighted by Gasteiger charge is -2.44. The largest absolute Gasteiger partial charge is 0.530 e. The van der Waals surface area contributed by atoms with Gasteiger partial charge in [0.25, 0.3) is 0 Å². The van der Waals surface area contributed by atoms with E-state index in [1.807, 2.05) is 54.7 Å². The predicted molar refractivity (Wildman–Crippen MR) is 165 cm³/mol. The average molecular weight is 567 g/mol. The Morgan fingerprint density at radius 3 is 1.97 bits per heavy atom. The molecule has 0 N–H and O–H groups in total. The Morgan fingerprint density at radius 1 is 0.923 bits per heavy atom. The molecule has 0 radical (unpaired) electrons. The molecule has 0 spiro atoms. The zero-order valence-corrected chi connectivity index (χ0v) is 27.0. The summed E-state index contributed by atoms with van der Waals surface area (Å²) in [5.74, 6) is 0.393. The van der Waals surface area contributed by atoms with Crippen molar-refractivity contribution in [1.29, 1.82) is 0 Å². The Balaban J connectivity index is 2.05. The van der Waals surface area contributed by atoms with Gasteiger partial charge >= 0.3 is 6.09 Å². The molecule has 2 aromatic carbocycles. The average Bonchev–Trinajstić information content (AvgIpc) is 3.23. The molecule has 6 nitrogen and oxygen atoms in total. The SMILES string of the molecule is CC(C)[Si](O[C@H](/C=N/C(=C/N1C(=O)OC[C@@H]1c1ccccc1)O[Si](C)(C)C)c1ccccc1)(C(C)C)C(C)C. The van der Waals surface area contributed by atoms with Crippen molar-refractivity contribution in [2.75, 3.05) is 6.61 Å². The van der Waals surface area contributed by atoms with Crippen LogP contribution >= 0.6 is 0 Å². The van der Waals surface area contributed by atoms with Crippen LogP contribution in [-0.2, 0) is 13.6 Å². The molecule has 39 heavy (non-hydrogen) atoms. The highest BCUT2D eigenvalue weighted by atomic mass is 28.4. The van der Waals surface area contributed by atoms with Crippen LogP contribution in [0.4, 0.5) is 4.79 Å². The molecule has 0 unspecified atom stereocenters. The van der Waals surface area contributed by atoms with Gasteiger partial charge in [-0.2, -0.15) is 0 Å². The van der Waals surface area contributed by atoms with Crippen molar-refractivity contribution in [3.05, 3.63) is 83.9 Å². The van der Waals surface area contributed by atoms with E-state index in [4.69, 9.17) is 18.6 Å². The van der Waals surface area contributed by atoms with Gasteiger partial charge in [0, 0.05) is 6.21 Å². The summed E-state index contributed by atoms with van der Waals surface area (Å²) < 4.78 is 19.0. The number of benzene rings is 2. The molecule has 3 rings (SSSR count). The molecular formula is C31H46N2O4Si2. The molecule has 1 aliphatic rings. The Hall–Kier alpha value is -2.69. The number of hydrogen-bond donors (Lipinski definition) is 0. The zero-order valence-electron chi connectivity index (χ0n) is 25.0. The molecule has 212 valence electrons. The van der Waals surface area contributed by atoms with Gasteiger partial charge in [0.1, 0.15) is 12.7 Å². The van der Waals surface area contributed by atoms with E-state index in [2.05, 4.69) is 73.3 Å². The molecule has 8 heteroatoms. The highest BCUT2D eigenvalue weighted by Crippen LogP contribution is 2.45. The van der Waals surface area contributed by atoms with Crippen molar-refractivity contribution >= 4 is 28.9 Å². The van der Waals surface area contributed by atoms with Gasteiger partial charge in [-0.3, -0.25) is 4.90 Å². The third kappa shape index (κ3) is 7.71. The second-order valence-electron chi connectivity index (χ2n) is 12.1. The first-order valence-electron chi connectivity index (χ1n) is 14.0. The van der Waals surface area contributed by atoms with Gasteiger partial charge in [-0.05, 0) is 47.4 Å². The molecule has 1 amide bonds. The van der Waals surface area contributed by atoms with Crippen LogP contribution in [-0.4, -0.2) is 40.4 Å². The minimum atomic E-state index is -2.22. The first kappa shape index (κ1) is 30.8. The molecule has 0 aliphatic carbocycles. The van der Waals surface area contributed by atoms with Crippen LogP contribution < -0.4 is 0 Å². The highest BCUT2D eigenvalue weighted by molar-refractivity contribution is 6.77. The molecule has 1 aliphatic heterocycles. The summed E-state index contributed by atoms with van der Waals surface area (Å²) in [6, 6.07) is 19.9. The fraction of sp³-hybridized carbons (Fsp3) is 0.484. The van der Waals surface area contributed by atoms with E-state index in [0.29, 0.717) is 22.5 Å². The number of carbonyl (C=O) groups excluding carboxylic acids is 1. The molecular weight excluding hydrogens is 521 g/mol. The van der Waals surface area contributed by atoms with Gasteiger partial charge in [-0.25, -0.2) is 9.79 Å². The maximum Gasteiger partial charge on any atom is 0.414 e. The number of ether oxygens (including phenoxy) is 1. The number of hydrogen-bond acceptors (Lipinski definition) is 5. The van der Waals surface area contributed by atoms with Gasteiger partial charge in [-0.1, -0.05) is 102 Å². The topological polar surface area (TPSA) is 60.4 Å². The minimum Gasteiger partial charge on any atom is -0.530 e. The molecule has 1 fully saturated rings. The number of aliphatic imine (C=N–C) groups is 1. The van der Waals surface area contributed by atoms with Crippen LogP contribution in [0.25, 0.3) is 0 Å². The third-order valence-corrected chi connectivity index (χ3v) is 14.2. The Bertz CT molecular complexity index is 1110. The van der Waals surface area contributed by atoms with Crippen LogP contribution in [0.15, 0.2) is 77.7 Å². The fourth-order valence-corrected chi connectivity index (χ4v) is 11.8. The second-order valence-corrected chi connectivity index (χ2v) is 22.0. The van der Waals surface area contributed by atoms with E-state index in [1.165, 1.54) is 0 Å². The van der Waals surface area contributed by atoms with Gasteiger partial charge in [0.05, 0.1) is 12.2 Å². The van der Waals surface area contributed by atoms with E-state index in [9.17, 15) is 4.79 Å². The van der Waals surface area contributed by atoms with E-state index < -0.39 is 22.7 Å². The smallest absolute Gasteiger partial charge is 0.414 e. The molecule has 1 saturated heterocycles. The molecule has 0 aromatic heterocycles. The summed E-state index contributed by atoms with van der Waals surface area (Å²) in [4.78, 5) is 19.2.